The second kappa shape index (κ2) is 6.98. The molecule has 0 bridgehead atoms. The monoisotopic (exact) mass is 409 g/mol. The van der Waals surface area contributed by atoms with Crippen molar-refractivity contribution in [2.24, 2.45) is 0 Å². The topological polar surface area (TPSA) is 84.9 Å². The first-order valence-corrected chi connectivity index (χ1v) is 9.63. The average Bonchev–Trinajstić information content (AvgIpc) is 3.00. The maximum Gasteiger partial charge on any atom is 0.358 e. The maximum absolute atomic E-state index is 12.5. The summed E-state index contributed by atoms with van der Waals surface area (Å²) in [7, 11) is 0. The van der Waals surface area contributed by atoms with Gasteiger partial charge in [0.25, 0.3) is 5.56 Å². The van der Waals surface area contributed by atoms with Crippen molar-refractivity contribution in [1.29, 1.82) is 0 Å². The molecule has 0 radical (unpaired) electrons. The number of nitrogens with zero attached hydrogens (tertiary/aromatic N) is 2. The summed E-state index contributed by atoms with van der Waals surface area (Å²) in [6, 6.07) is 2.95. The van der Waals surface area contributed by atoms with E-state index in [-0.39, 0.29) is 33.9 Å². The van der Waals surface area contributed by atoms with Crippen molar-refractivity contribution in [2.45, 2.75) is 32.3 Å². The van der Waals surface area contributed by atoms with Gasteiger partial charge < -0.3 is 9.72 Å². The first-order valence-electron chi connectivity index (χ1n) is 8.05. The Morgan fingerprint density at radius 1 is 1.23 bits per heavy atom. The van der Waals surface area contributed by atoms with Crippen LogP contribution in [0, 0.1) is 0 Å². The normalized spacial score (nSPS) is 13.6. The van der Waals surface area contributed by atoms with Gasteiger partial charge in [0.15, 0.2) is 5.69 Å². The smallest absolute Gasteiger partial charge is 0.358 e. The molecule has 0 saturated heterocycles. The molecule has 9 heteroatoms. The van der Waals surface area contributed by atoms with Gasteiger partial charge in [-0.1, -0.05) is 23.2 Å². The summed E-state index contributed by atoms with van der Waals surface area (Å²) in [5.41, 5.74) is 0.844. The highest BCUT2D eigenvalue weighted by Crippen LogP contribution is 2.33. The van der Waals surface area contributed by atoms with E-state index in [1.807, 2.05) is 0 Å². The molecule has 1 N–H and O–H groups in total. The number of carbonyl (C=O) groups is 1. The number of fused-ring (bicyclic) bond motifs is 3. The largest absolute Gasteiger partial charge is 0.453 e. The minimum Gasteiger partial charge on any atom is -0.453 e. The summed E-state index contributed by atoms with van der Waals surface area (Å²) in [5, 5.41) is 0.944. The van der Waals surface area contributed by atoms with Gasteiger partial charge in [0.2, 0.25) is 0 Å². The van der Waals surface area contributed by atoms with Crippen LogP contribution in [0.4, 0.5) is 0 Å². The van der Waals surface area contributed by atoms with E-state index in [1.54, 1.807) is 11.3 Å². The summed E-state index contributed by atoms with van der Waals surface area (Å²) < 4.78 is 5.18. The third kappa shape index (κ3) is 3.22. The molecular formula is C17H13Cl2N3O3S. The highest BCUT2D eigenvalue weighted by atomic mass is 35.5. The highest BCUT2D eigenvalue weighted by molar-refractivity contribution is 7.18. The molecule has 134 valence electrons. The lowest BCUT2D eigenvalue weighted by atomic mass is 9.97. The van der Waals surface area contributed by atoms with E-state index in [0.717, 1.165) is 31.2 Å². The lowest BCUT2D eigenvalue weighted by molar-refractivity contribution is 0.0455. The Balaban J connectivity index is 1.59. The van der Waals surface area contributed by atoms with Crippen LogP contribution in [0.2, 0.25) is 10.2 Å². The first-order chi connectivity index (χ1) is 12.5. The van der Waals surface area contributed by atoms with E-state index in [9.17, 15) is 9.59 Å². The van der Waals surface area contributed by atoms with Crippen molar-refractivity contribution < 1.29 is 9.53 Å². The van der Waals surface area contributed by atoms with Crippen LogP contribution in [-0.2, 0) is 24.2 Å². The second-order valence-corrected chi connectivity index (χ2v) is 7.82. The molecule has 0 spiro atoms. The van der Waals surface area contributed by atoms with Gasteiger partial charge in [-0.25, -0.2) is 14.8 Å². The molecule has 0 aliphatic heterocycles. The number of ether oxygens (including phenoxy) is 1. The molecule has 0 saturated carbocycles. The van der Waals surface area contributed by atoms with Crippen LogP contribution in [-0.4, -0.2) is 20.9 Å². The molecular weight excluding hydrogens is 397 g/mol. The molecule has 4 rings (SSSR count). The van der Waals surface area contributed by atoms with Crippen molar-refractivity contribution in [2.75, 3.05) is 0 Å². The molecule has 3 aromatic rings. The Morgan fingerprint density at radius 2 is 2.04 bits per heavy atom. The average molecular weight is 410 g/mol. The number of rotatable bonds is 3. The lowest BCUT2D eigenvalue weighted by Crippen LogP contribution is -2.15. The maximum atomic E-state index is 12.5. The summed E-state index contributed by atoms with van der Waals surface area (Å²) >= 11 is 13.3. The van der Waals surface area contributed by atoms with Crippen LogP contribution in [0.5, 0.6) is 0 Å². The number of esters is 1. The minimum absolute atomic E-state index is 0.0748. The Hall–Kier alpha value is -1.96. The van der Waals surface area contributed by atoms with E-state index in [2.05, 4.69) is 15.0 Å². The van der Waals surface area contributed by atoms with Crippen molar-refractivity contribution in [3.05, 3.63) is 54.6 Å². The van der Waals surface area contributed by atoms with Crippen LogP contribution in [0.3, 0.4) is 0 Å². The van der Waals surface area contributed by atoms with Gasteiger partial charge in [-0.05, 0) is 43.4 Å². The number of halogens is 2. The molecule has 1 aliphatic carbocycles. The molecule has 3 aromatic heterocycles. The van der Waals surface area contributed by atoms with Gasteiger partial charge in [0.05, 0.1) is 10.4 Å². The van der Waals surface area contributed by atoms with Crippen LogP contribution < -0.4 is 5.56 Å². The molecule has 1 aliphatic rings. The number of aromatic nitrogens is 3. The number of pyridine rings is 1. The van der Waals surface area contributed by atoms with Gasteiger partial charge in [0, 0.05) is 4.88 Å². The van der Waals surface area contributed by atoms with Crippen LogP contribution >= 0.6 is 34.5 Å². The van der Waals surface area contributed by atoms with Gasteiger partial charge >= 0.3 is 5.97 Å². The molecule has 26 heavy (non-hydrogen) atoms. The number of H-pyrrole nitrogens is 1. The van der Waals surface area contributed by atoms with Gasteiger partial charge in [-0.3, -0.25) is 4.79 Å². The number of hydrogen-bond donors (Lipinski definition) is 1. The van der Waals surface area contributed by atoms with Crippen molar-refractivity contribution in [3.8, 4) is 0 Å². The fourth-order valence-electron chi connectivity index (χ4n) is 3.04. The van der Waals surface area contributed by atoms with Gasteiger partial charge in [-0.15, -0.1) is 11.3 Å². The van der Waals surface area contributed by atoms with Gasteiger partial charge in [0.1, 0.15) is 22.4 Å². The minimum atomic E-state index is -0.731. The van der Waals surface area contributed by atoms with Crippen LogP contribution in [0.25, 0.3) is 10.2 Å². The quantitative estimate of drug-likeness (QED) is 0.523. The number of thiophene rings is 1. The second-order valence-electron chi connectivity index (χ2n) is 5.94. The van der Waals surface area contributed by atoms with E-state index < -0.39 is 5.97 Å². The summed E-state index contributed by atoms with van der Waals surface area (Å²) in [5.74, 6) is -0.446. The molecule has 3 heterocycles. The third-order valence-electron chi connectivity index (χ3n) is 4.22. The molecule has 0 atom stereocenters. The number of aromatic amines is 1. The lowest BCUT2D eigenvalue weighted by Gasteiger charge is -2.09. The van der Waals surface area contributed by atoms with E-state index in [0.29, 0.717) is 10.2 Å². The summed E-state index contributed by atoms with van der Waals surface area (Å²) in [6.45, 7) is -0.183. The number of nitrogens with one attached hydrogen (secondary N) is 1. The fraction of sp³-hybridized carbons (Fsp3) is 0.294. The van der Waals surface area contributed by atoms with Crippen molar-refractivity contribution >= 4 is 50.7 Å². The number of carbonyl (C=O) groups excluding carboxylic acids is 1. The zero-order chi connectivity index (χ0) is 18.3. The van der Waals surface area contributed by atoms with E-state index >= 15 is 0 Å². The predicted octanol–water partition coefficient (Wildman–Crippen LogP) is 3.92. The standard InChI is InChI=1S/C17H13Cl2N3O3S/c18-9-5-6-11(19)20-14(9)17(24)25-7-12-21-15(23)13-8-3-1-2-4-10(8)26-16(13)22-12/h5-6H,1-4,7H2,(H,21,22,23). The predicted molar refractivity (Wildman–Crippen MR) is 100 cm³/mol. The van der Waals surface area contributed by atoms with Crippen LogP contribution in [0.1, 0.15) is 39.6 Å². The summed E-state index contributed by atoms with van der Waals surface area (Å²) in [4.78, 5) is 37.6. The van der Waals surface area contributed by atoms with Crippen LogP contribution in [0.15, 0.2) is 16.9 Å². The summed E-state index contributed by atoms with van der Waals surface area (Å²) in [6.07, 6.45) is 4.12. The molecule has 0 aromatic carbocycles. The molecule has 0 fully saturated rings. The number of hydrogen-bond acceptors (Lipinski definition) is 6. The zero-order valence-corrected chi connectivity index (χ0v) is 15.8. The van der Waals surface area contributed by atoms with Gasteiger partial charge in [-0.2, -0.15) is 0 Å². The third-order valence-corrected chi connectivity index (χ3v) is 5.92. The number of aryl methyl sites for hydroxylation is 2. The fourth-order valence-corrected chi connectivity index (χ4v) is 4.65. The van der Waals surface area contributed by atoms with Crippen molar-refractivity contribution in [1.82, 2.24) is 15.0 Å². The highest BCUT2D eigenvalue weighted by Gasteiger charge is 2.20. The Labute approximate surface area is 162 Å². The zero-order valence-electron chi connectivity index (χ0n) is 13.5. The Morgan fingerprint density at radius 3 is 2.88 bits per heavy atom. The molecule has 0 amide bonds. The SMILES string of the molecule is O=C(OCc1nc2sc3c(c2c(=O)[nH]1)CCCC3)c1nc(Cl)ccc1Cl. The molecule has 0 unspecified atom stereocenters. The van der Waals surface area contributed by atoms with Crippen molar-refractivity contribution in [3.63, 3.8) is 0 Å². The van der Waals surface area contributed by atoms with E-state index in [1.165, 1.54) is 17.0 Å². The molecule has 6 nitrogen and oxygen atoms in total. The van der Waals surface area contributed by atoms with E-state index in [4.69, 9.17) is 27.9 Å². The first kappa shape index (κ1) is 17.5. The Bertz CT molecular complexity index is 1080. The Kier molecular flexibility index (Phi) is 4.69.